The van der Waals surface area contributed by atoms with Crippen molar-refractivity contribution in [1.29, 1.82) is 0 Å². The van der Waals surface area contributed by atoms with Crippen LogP contribution in [0.4, 0.5) is 11.4 Å². The molecule has 118 valence electrons. The van der Waals surface area contributed by atoms with Crippen LogP contribution < -0.4 is 15.0 Å². The molecule has 1 heterocycles. The minimum atomic E-state index is -1.06. The van der Waals surface area contributed by atoms with E-state index in [0.29, 0.717) is 18.0 Å². The van der Waals surface area contributed by atoms with Gasteiger partial charge in [0.25, 0.3) is 5.91 Å². The molecule has 0 bridgehead atoms. The summed E-state index contributed by atoms with van der Waals surface area (Å²) in [7, 11) is 0. The van der Waals surface area contributed by atoms with Gasteiger partial charge in [0.1, 0.15) is 12.3 Å². The molecule has 0 aliphatic carbocycles. The Morgan fingerprint density at radius 3 is 2.74 bits per heavy atom. The quantitative estimate of drug-likeness (QED) is 0.884. The van der Waals surface area contributed by atoms with E-state index in [1.165, 1.54) is 4.90 Å². The number of anilines is 2. The molecule has 0 atom stereocenters. The number of ether oxygens (including phenoxy) is 1. The summed E-state index contributed by atoms with van der Waals surface area (Å²) in [6, 6.07) is 15.2. The van der Waals surface area contributed by atoms with Crippen molar-refractivity contribution in [3.8, 4) is 5.75 Å². The summed E-state index contributed by atoms with van der Waals surface area (Å²) in [6.45, 7) is 0.145. The smallest absolute Gasteiger partial charge is 0.323 e. The number of hydrogen-bond donors (Lipinski definition) is 2. The van der Waals surface area contributed by atoms with Gasteiger partial charge in [-0.05, 0) is 17.7 Å². The number of hydrogen-bond acceptors (Lipinski definition) is 4. The van der Waals surface area contributed by atoms with Crippen LogP contribution in [0.2, 0.25) is 0 Å². The maximum absolute atomic E-state index is 11.8. The monoisotopic (exact) mass is 312 g/mol. The molecule has 2 aromatic carbocycles. The fourth-order valence-corrected chi connectivity index (χ4v) is 2.42. The van der Waals surface area contributed by atoms with Crippen LogP contribution in [0.1, 0.15) is 5.56 Å². The predicted octanol–water partition coefficient (Wildman–Crippen LogP) is 2.11. The number of nitrogens with one attached hydrogen (secondary N) is 1. The van der Waals surface area contributed by atoms with Gasteiger partial charge in [-0.15, -0.1) is 0 Å². The molecule has 0 radical (unpaired) electrons. The van der Waals surface area contributed by atoms with Gasteiger partial charge in [-0.1, -0.05) is 30.3 Å². The average Bonchev–Trinajstić information content (AvgIpc) is 2.56. The van der Waals surface area contributed by atoms with Gasteiger partial charge >= 0.3 is 5.97 Å². The van der Waals surface area contributed by atoms with E-state index in [-0.39, 0.29) is 19.1 Å². The van der Waals surface area contributed by atoms with Gasteiger partial charge in [0.05, 0.1) is 5.69 Å². The Morgan fingerprint density at radius 2 is 2.00 bits per heavy atom. The van der Waals surface area contributed by atoms with E-state index in [1.54, 1.807) is 18.2 Å². The van der Waals surface area contributed by atoms with E-state index in [2.05, 4.69) is 5.32 Å². The number of amides is 1. The zero-order valence-corrected chi connectivity index (χ0v) is 12.4. The average molecular weight is 312 g/mol. The number of fused-ring (bicyclic) bond motifs is 1. The zero-order valence-electron chi connectivity index (χ0n) is 12.4. The van der Waals surface area contributed by atoms with Gasteiger partial charge in [0, 0.05) is 18.3 Å². The van der Waals surface area contributed by atoms with Crippen LogP contribution in [0.5, 0.6) is 5.75 Å². The van der Waals surface area contributed by atoms with E-state index in [0.717, 1.165) is 11.3 Å². The van der Waals surface area contributed by atoms with Crippen LogP contribution in [-0.2, 0) is 16.1 Å². The lowest BCUT2D eigenvalue weighted by molar-refractivity contribution is -0.137. The van der Waals surface area contributed by atoms with Crippen molar-refractivity contribution >= 4 is 23.3 Å². The number of carboxylic acids is 1. The fourth-order valence-electron chi connectivity index (χ4n) is 2.42. The summed E-state index contributed by atoms with van der Waals surface area (Å²) < 4.78 is 5.42. The van der Waals surface area contributed by atoms with Crippen molar-refractivity contribution < 1.29 is 19.4 Å². The van der Waals surface area contributed by atoms with Crippen molar-refractivity contribution in [1.82, 2.24) is 0 Å². The van der Waals surface area contributed by atoms with E-state index < -0.39 is 5.97 Å². The van der Waals surface area contributed by atoms with Crippen LogP contribution in [0, 0.1) is 0 Å². The minimum Gasteiger partial charge on any atom is -0.481 e. The van der Waals surface area contributed by atoms with Crippen LogP contribution in [0.3, 0.4) is 0 Å². The number of carbonyl (C=O) groups is 2. The SMILES string of the molecule is O=C(O)CN1C(=O)COc2cc(NCc3ccccc3)ccc21. The molecule has 2 aromatic rings. The second-order valence-electron chi connectivity index (χ2n) is 5.18. The molecule has 2 N–H and O–H groups in total. The van der Waals surface area contributed by atoms with Gasteiger partial charge in [-0.3, -0.25) is 14.5 Å². The van der Waals surface area contributed by atoms with Crippen LogP contribution in [-0.4, -0.2) is 30.1 Å². The standard InChI is InChI=1S/C17H16N2O4/c20-16-11-23-15-8-13(18-9-12-4-2-1-3-5-12)6-7-14(15)19(16)10-17(21)22/h1-8,18H,9-11H2,(H,21,22). The third kappa shape index (κ3) is 3.42. The molecule has 1 amide bonds. The third-order valence-electron chi connectivity index (χ3n) is 3.54. The van der Waals surface area contributed by atoms with Crippen molar-refractivity contribution in [2.75, 3.05) is 23.4 Å². The molecule has 0 saturated heterocycles. The highest BCUT2D eigenvalue weighted by Crippen LogP contribution is 2.34. The Labute approximate surface area is 133 Å². The number of carboxylic acid groups (broad SMARTS) is 1. The maximum atomic E-state index is 11.8. The molecule has 0 fully saturated rings. The van der Waals surface area contributed by atoms with Crippen LogP contribution >= 0.6 is 0 Å². The van der Waals surface area contributed by atoms with Crippen molar-refractivity contribution in [2.45, 2.75) is 6.54 Å². The first-order valence-corrected chi connectivity index (χ1v) is 7.20. The lowest BCUT2D eigenvalue weighted by Crippen LogP contribution is -2.41. The van der Waals surface area contributed by atoms with E-state index in [4.69, 9.17) is 9.84 Å². The first-order valence-electron chi connectivity index (χ1n) is 7.20. The van der Waals surface area contributed by atoms with Crippen molar-refractivity contribution in [3.63, 3.8) is 0 Å². The number of carbonyl (C=O) groups excluding carboxylic acids is 1. The summed E-state index contributed by atoms with van der Waals surface area (Å²) in [5.41, 5.74) is 2.47. The molecular weight excluding hydrogens is 296 g/mol. The van der Waals surface area contributed by atoms with Gasteiger partial charge in [0.2, 0.25) is 0 Å². The first kappa shape index (κ1) is 14.9. The van der Waals surface area contributed by atoms with Gasteiger partial charge in [-0.25, -0.2) is 0 Å². The lowest BCUT2D eigenvalue weighted by atomic mass is 10.2. The molecule has 1 aliphatic heterocycles. The summed E-state index contributed by atoms with van der Waals surface area (Å²) >= 11 is 0. The Bertz CT molecular complexity index is 731. The maximum Gasteiger partial charge on any atom is 0.323 e. The second kappa shape index (κ2) is 6.39. The number of benzene rings is 2. The highest BCUT2D eigenvalue weighted by Gasteiger charge is 2.27. The highest BCUT2D eigenvalue weighted by molar-refractivity contribution is 6.01. The van der Waals surface area contributed by atoms with Gasteiger partial charge in [0.15, 0.2) is 6.61 Å². The highest BCUT2D eigenvalue weighted by atomic mass is 16.5. The number of nitrogens with zero attached hydrogens (tertiary/aromatic N) is 1. The second-order valence-corrected chi connectivity index (χ2v) is 5.18. The summed E-state index contributed by atoms with van der Waals surface area (Å²) in [5, 5.41) is 12.2. The minimum absolute atomic E-state index is 0.150. The molecular formula is C17H16N2O4. The van der Waals surface area contributed by atoms with E-state index in [1.807, 2.05) is 30.3 Å². The molecule has 23 heavy (non-hydrogen) atoms. The van der Waals surface area contributed by atoms with Gasteiger partial charge < -0.3 is 15.2 Å². The lowest BCUT2D eigenvalue weighted by Gasteiger charge is -2.28. The van der Waals surface area contributed by atoms with E-state index in [9.17, 15) is 9.59 Å². The molecule has 1 aliphatic rings. The topological polar surface area (TPSA) is 78.9 Å². The van der Waals surface area contributed by atoms with Gasteiger partial charge in [-0.2, -0.15) is 0 Å². The van der Waals surface area contributed by atoms with Crippen molar-refractivity contribution in [3.05, 3.63) is 54.1 Å². The summed E-state index contributed by atoms with van der Waals surface area (Å²) in [5.74, 6) is -0.911. The zero-order chi connectivity index (χ0) is 16.2. The van der Waals surface area contributed by atoms with E-state index >= 15 is 0 Å². The first-order chi connectivity index (χ1) is 11.1. The normalized spacial score (nSPS) is 13.2. The van der Waals surface area contributed by atoms with Crippen molar-refractivity contribution in [2.24, 2.45) is 0 Å². The molecule has 3 rings (SSSR count). The summed E-state index contributed by atoms with van der Waals surface area (Å²) in [6.07, 6.45) is 0. The Morgan fingerprint density at radius 1 is 1.22 bits per heavy atom. The molecule has 0 saturated carbocycles. The molecule has 0 spiro atoms. The molecule has 0 unspecified atom stereocenters. The molecule has 6 nitrogen and oxygen atoms in total. The third-order valence-corrected chi connectivity index (χ3v) is 3.54. The molecule has 6 heteroatoms. The number of aliphatic carboxylic acids is 1. The van der Waals surface area contributed by atoms with Crippen LogP contribution in [0.25, 0.3) is 0 Å². The Balaban J connectivity index is 1.76. The largest absolute Gasteiger partial charge is 0.481 e. The molecule has 0 aromatic heterocycles. The van der Waals surface area contributed by atoms with Crippen LogP contribution in [0.15, 0.2) is 48.5 Å². The summed E-state index contributed by atoms with van der Waals surface area (Å²) in [4.78, 5) is 23.9. The Hall–Kier alpha value is -3.02. The Kier molecular flexibility index (Phi) is 4.14. The predicted molar refractivity (Wildman–Crippen MR) is 85.7 cm³/mol. The fraction of sp³-hybridized carbons (Fsp3) is 0.176. The number of rotatable bonds is 5.